The number of hydrogen-bond acceptors (Lipinski definition) is 5. The maximum atomic E-state index is 12.3. The number of H-pyrrole nitrogens is 1. The number of hydrogen-bond donors (Lipinski definition) is 1. The van der Waals surface area contributed by atoms with Gasteiger partial charge < -0.3 is 0 Å². The molecule has 2 aromatic heterocycles. The SMILES string of the molecule is CCCc1nc(SC)n2c(=O)[nH]nc2c1Cc1ccc(-c2ccccc2C#N)cc1. The Morgan fingerprint density at radius 3 is 2.63 bits per heavy atom. The van der Waals surface area contributed by atoms with E-state index in [4.69, 9.17) is 4.98 Å². The van der Waals surface area contributed by atoms with E-state index in [0.29, 0.717) is 22.8 Å². The minimum Gasteiger partial charge on any atom is -0.246 e. The van der Waals surface area contributed by atoms with Gasteiger partial charge in [0.05, 0.1) is 17.3 Å². The molecule has 0 saturated heterocycles. The molecule has 0 bridgehead atoms. The number of nitrogens with one attached hydrogen (secondary N) is 1. The Bertz CT molecular complexity index is 1300. The van der Waals surface area contributed by atoms with Crippen LogP contribution in [0.25, 0.3) is 16.8 Å². The minimum atomic E-state index is -0.269. The predicted octanol–water partition coefficient (Wildman–Crippen LogP) is 4.22. The van der Waals surface area contributed by atoms with Gasteiger partial charge in [-0.2, -0.15) is 10.4 Å². The van der Waals surface area contributed by atoms with Crippen molar-refractivity contribution >= 4 is 17.4 Å². The predicted molar refractivity (Wildman–Crippen MR) is 119 cm³/mol. The number of nitrogens with zero attached hydrogens (tertiary/aromatic N) is 4. The van der Waals surface area contributed by atoms with E-state index in [1.807, 2.05) is 42.7 Å². The maximum absolute atomic E-state index is 12.3. The van der Waals surface area contributed by atoms with Gasteiger partial charge in [0.15, 0.2) is 10.8 Å². The van der Waals surface area contributed by atoms with Crippen LogP contribution in [0.15, 0.2) is 58.5 Å². The summed E-state index contributed by atoms with van der Waals surface area (Å²) in [4.78, 5) is 17.0. The van der Waals surface area contributed by atoms with Gasteiger partial charge >= 0.3 is 5.69 Å². The molecular formula is C23H21N5OS. The summed E-state index contributed by atoms with van der Waals surface area (Å²) < 4.78 is 1.55. The molecule has 6 nitrogen and oxygen atoms in total. The summed E-state index contributed by atoms with van der Waals surface area (Å²) in [6.45, 7) is 2.12. The van der Waals surface area contributed by atoms with Crippen molar-refractivity contribution in [1.29, 1.82) is 5.26 Å². The average Bonchev–Trinajstić information content (AvgIpc) is 3.17. The molecule has 4 rings (SSSR count). The normalized spacial score (nSPS) is 11.0. The Hall–Kier alpha value is -3.37. The zero-order valence-electron chi connectivity index (χ0n) is 16.8. The van der Waals surface area contributed by atoms with Crippen molar-refractivity contribution in [3.8, 4) is 17.2 Å². The first kappa shape index (κ1) is 19.9. The fourth-order valence-corrected chi connectivity index (χ4v) is 4.19. The Kier molecular flexibility index (Phi) is 5.68. The average molecular weight is 416 g/mol. The fraction of sp³-hybridized carbons (Fsp3) is 0.217. The molecule has 1 N–H and O–H groups in total. The van der Waals surface area contributed by atoms with Crippen LogP contribution < -0.4 is 5.69 Å². The van der Waals surface area contributed by atoms with Crippen LogP contribution in [0, 0.1) is 11.3 Å². The monoisotopic (exact) mass is 415 g/mol. The molecule has 0 amide bonds. The molecule has 0 spiro atoms. The largest absolute Gasteiger partial charge is 0.349 e. The highest BCUT2D eigenvalue weighted by molar-refractivity contribution is 7.98. The number of aromatic nitrogens is 4. The van der Waals surface area contributed by atoms with Crippen LogP contribution in [0.5, 0.6) is 0 Å². The van der Waals surface area contributed by atoms with E-state index in [1.165, 1.54) is 11.8 Å². The van der Waals surface area contributed by atoms with Crippen molar-refractivity contribution < 1.29 is 0 Å². The van der Waals surface area contributed by atoms with Crippen LogP contribution in [0.1, 0.15) is 35.7 Å². The van der Waals surface area contributed by atoms with E-state index < -0.39 is 0 Å². The molecule has 0 saturated carbocycles. The number of benzene rings is 2. The summed E-state index contributed by atoms with van der Waals surface area (Å²) in [5, 5.41) is 16.9. The Balaban J connectivity index is 1.75. The maximum Gasteiger partial charge on any atom is 0.349 e. The van der Waals surface area contributed by atoms with E-state index in [2.05, 4.69) is 35.3 Å². The van der Waals surface area contributed by atoms with Gasteiger partial charge in [-0.05, 0) is 35.4 Å². The smallest absolute Gasteiger partial charge is 0.246 e. The quantitative estimate of drug-likeness (QED) is 0.376. The molecule has 0 aliphatic carbocycles. The molecule has 0 unspecified atom stereocenters. The Morgan fingerprint density at radius 2 is 1.93 bits per heavy atom. The number of fused-ring (bicyclic) bond motifs is 1. The third kappa shape index (κ3) is 3.62. The van der Waals surface area contributed by atoms with Crippen molar-refractivity contribution in [2.45, 2.75) is 31.3 Å². The molecule has 2 aromatic carbocycles. The summed E-state index contributed by atoms with van der Waals surface area (Å²) in [6.07, 6.45) is 4.33. The Labute approximate surface area is 178 Å². The lowest BCUT2D eigenvalue weighted by molar-refractivity contribution is 0.778. The van der Waals surface area contributed by atoms with Gasteiger partial charge in [-0.1, -0.05) is 67.6 Å². The van der Waals surface area contributed by atoms with Crippen LogP contribution in [0.4, 0.5) is 0 Å². The highest BCUT2D eigenvalue weighted by Crippen LogP contribution is 2.26. The van der Waals surface area contributed by atoms with E-state index in [1.54, 1.807) is 4.40 Å². The van der Waals surface area contributed by atoms with E-state index in [9.17, 15) is 10.1 Å². The molecule has 0 atom stereocenters. The second kappa shape index (κ2) is 8.56. The van der Waals surface area contributed by atoms with Crippen LogP contribution in [-0.2, 0) is 12.8 Å². The molecule has 0 aliphatic heterocycles. The lowest BCUT2D eigenvalue weighted by Gasteiger charge is -2.12. The molecule has 0 fully saturated rings. The first-order chi connectivity index (χ1) is 14.7. The molecule has 4 aromatic rings. The molecule has 7 heteroatoms. The van der Waals surface area contributed by atoms with Crippen molar-refractivity contribution in [2.75, 3.05) is 6.26 Å². The summed E-state index contributed by atoms with van der Waals surface area (Å²) in [5.41, 5.74) is 6.00. The summed E-state index contributed by atoms with van der Waals surface area (Å²) in [6, 6.07) is 18.0. The topological polar surface area (TPSA) is 86.8 Å². The van der Waals surface area contributed by atoms with Crippen molar-refractivity contribution in [2.24, 2.45) is 0 Å². The zero-order valence-corrected chi connectivity index (χ0v) is 17.7. The highest BCUT2D eigenvalue weighted by Gasteiger charge is 2.17. The van der Waals surface area contributed by atoms with Crippen LogP contribution in [0.3, 0.4) is 0 Å². The number of thioether (sulfide) groups is 1. The summed E-state index contributed by atoms with van der Waals surface area (Å²) in [7, 11) is 0. The standard InChI is InChI=1S/C23H21N5OS/c1-3-6-20-19(21-26-27-22(29)28(21)23(25-20)30-2)13-15-9-11-16(12-10-15)18-8-5-4-7-17(18)14-24/h4-5,7-12H,3,6,13H2,1-2H3,(H,27,29). The summed E-state index contributed by atoms with van der Waals surface area (Å²) in [5.74, 6) is 0. The van der Waals surface area contributed by atoms with Gasteiger partial charge in [0.1, 0.15) is 0 Å². The second-order valence-corrected chi connectivity index (χ2v) is 7.77. The Morgan fingerprint density at radius 1 is 1.17 bits per heavy atom. The van der Waals surface area contributed by atoms with Gasteiger partial charge in [0.25, 0.3) is 0 Å². The second-order valence-electron chi connectivity index (χ2n) is 6.99. The van der Waals surface area contributed by atoms with Gasteiger partial charge in [-0.15, -0.1) is 0 Å². The number of aryl methyl sites for hydroxylation is 1. The third-order valence-corrected chi connectivity index (χ3v) is 5.71. The lowest BCUT2D eigenvalue weighted by Crippen LogP contribution is -2.15. The fourth-order valence-electron chi connectivity index (χ4n) is 3.64. The molecule has 0 radical (unpaired) electrons. The van der Waals surface area contributed by atoms with Crippen molar-refractivity contribution in [3.63, 3.8) is 0 Å². The number of aromatic amines is 1. The lowest BCUT2D eigenvalue weighted by atomic mass is 9.97. The minimum absolute atomic E-state index is 0.269. The number of nitriles is 1. The van der Waals surface area contributed by atoms with E-state index in [0.717, 1.165) is 40.8 Å². The van der Waals surface area contributed by atoms with Gasteiger partial charge in [0.2, 0.25) is 0 Å². The highest BCUT2D eigenvalue weighted by atomic mass is 32.2. The van der Waals surface area contributed by atoms with Crippen LogP contribution in [-0.4, -0.2) is 25.8 Å². The van der Waals surface area contributed by atoms with E-state index >= 15 is 0 Å². The third-order valence-electron chi connectivity index (χ3n) is 5.08. The van der Waals surface area contributed by atoms with Crippen LogP contribution in [0.2, 0.25) is 0 Å². The molecule has 30 heavy (non-hydrogen) atoms. The van der Waals surface area contributed by atoms with Crippen molar-refractivity contribution in [3.05, 3.63) is 81.4 Å². The zero-order chi connectivity index (χ0) is 21.1. The first-order valence-corrected chi connectivity index (χ1v) is 11.0. The number of rotatable bonds is 6. The molecule has 150 valence electrons. The van der Waals surface area contributed by atoms with E-state index in [-0.39, 0.29) is 5.69 Å². The molecular weight excluding hydrogens is 394 g/mol. The van der Waals surface area contributed by atoms with Gasteiger partial charge in [-0.3, -0.25) is 0 Å². The van der Waals surface area contributed by atoms with Crippen LogP contribution >= 0.6 is 11.8 Å². The molecule has 0 aliphatic rings. The van der Waals surface area contributed by atoms with Gasteiger partial charge in [0, 0.05) is 12.0 Å². The van der Waals surface area contributed by atoms with Gasteiger partial charge in [-0.25, -0.2) is 19.3 Å². The summed E-state index contributed by atoms with van der Waals surface area (Å²) >= 11 is 1.44. The first-order valence-electron chi connectivity index (χ1n) is 9.77. The molecule has 2 heterocycles. The van der Waals surface area contributed by atoms with Crippen molar-refractivity contribution in [1.82, 2.24) is 19.6 Å².